The Bertz CT molecular complexity index is 840. The molecule has 0 radical (unpaired) electrons. The zero-order chi connectivity index (χ0) is 17.1. The second-order valence-electron chi connectivity index (χ2n) is 6.42. The van der Waals surface area contributed by atoms with E-state index in [0.29, 0.717) is 6.04 Å². The van der Waals surface area contributed by atoms with Gasteiger partial charge < -0.3 is 15.0 Å². The Kier molecular flexibility index (Phi) is 4.99. The summed E-state index contributed by atoms with van der Waals surface area (Å²) in [7, 11) is 0. The van der Waals surface area contributed by atoms with Crippen LogP contribution in [0.3, 0.4) is 0 Å². The van der Waals surface area contributed by atoms with Crippen molar-refractivity contribution in [2.45, 2.75) is 31.7 Å². The first kappa shape index (κ1) is 16.5. The van der Waals surface area contributed by atoms with Gasteiger partial charge in [0.05, 0.1) is 6.61 Å². The molecule has 1 aliphatic rings. The van der Waals surface area contributed by atoms with Crippen LogP contribution in [0, 0.1) is 0 Å². The minimum absolute atomic E-state index is 0.607. The minimum atomic E-state index is 0.607. The second kappa shape index (κ2) is 7.54. The fraction of sp³-hybridized carbons (Fsp3) is 0.368. The number of piperidine rings is 1. The van der Waals surface area contributed by atoms with E-state index in [4.69, 9.17) is 4.74 Å². The van der Waals surface area contributed by atoms with E-state index in [1.807, 2.05) is 30.3 Å². The van der Waals surface area contributed by atoms with Gasteiger partial charge in [0.25, 0.3) is 0 Å². The summed E-state index contributed by atoms with van der Waals surface area (Å²) in [6, 6.07) is 10.6. The normalized spacial score (nSPS) is 17.7. The average molecular weight is 401 g/mol. The first-order chi connectivity index (χ1) is 12.3. The Balaban J connectivity index is 1.38. The maximum absolute atomic E-state index is 5.89. The number of ether oxygens (including phenoxy) is 1. The summed E-state index contributed by atoms with van der Waals surface area (Å²) in [4.78, 5) is 12.2. The van der Waals surface area contributed by atoms with E-state index in [1.165, 1.54) is 19.3 Å². The van der Waals surface area contributed by atoms with Gasteiger partial charge in [0, 0.05) is 22.3 Å². The molecule has 1 aliphatic heterocycles. The molecule has 0 saturated carbocycles. The quantitative estimate of drug-likeness (QED) is 0.669. The number of pyridine rings is 1. The predicted molar refractivity (Wildman–Crippen MR) is 103 cm³/mol. The van der Waals surface area contributed by atoms with E-state index in [0.717, 1.165) is 52.3 Å². The monoisotopic (exact) mass is 400 g/mol. The maximum Gasteiger partial charge on any atom is 0.157 e. The summed E-state index contributed by atoms with van der Waals surface area (Å²) in [5, 5.41) is 3.55. The van der Waals surface area contributed by atoms with Gasteiger partial charge in [-0.15, -0.1) is 0 Å². The maximum atomic E-state index is 5.89. The molecule has 130 valence electrons. The molecule has 0 aliphatic carbocycles. The largest absolute Gasteiger partial charge is 0.494 e. The summed E-state index contributed by atoms with van der Waals surface area (Å²) in [6.07, 6.45) is 6.72. The Morgan fingerprint density at radius 3 is 2.88 bits per heavy atom. The van der Waals surface area contributed by atoms with Crippen molar-refractivity contribution in [3.05, 3.63) is 41.0 Å². The van der Waals surface area contributed by atoms with Crippen LogP contribution in [0.15, 0.2) is 41.0 Å². The van der Waals surface area contributed by atoms with Crippen molar-refractivity contribution >= 4 is 27.1 Å². The topological polar surface area (TPSA) is 62.8 Å². The summed E-state index contributed by atoms with van der Waals surface area (Å²) >= 11 is 3.42. The third-order valence-corrected chi connectivity index (χ3v) is 5.01. The van der Waals surface area contributed by atoms with Crippen LogP contribution in [0.25, 0.3) is 22.6 Å². The molecule has 6 heteroatoms. The van der Waals surface area contributed by atoms with Gasteiger partial charge in [-0.1, -0.05) is 6.42 Å². The van der Waals surface area contributed by atoms with Crippen LogP contribution in [-0.4, -0.2) is 34.1 Å². The van der Waals surface area contributed by atoms with E-state index >= 15 is 0 Å². The number of hydrogen-bond donors (Lipinski definition) is 2. The Morgan fingerprint density at radius 1 is 1.20 bits per heavy atom. The molecule has 2 aromatic heterocycles. The second-order valence-corrected chi connectivity index (χ2v) is 7.33. The molecular weight excluding hydrogens is 380 g/mol. The number of halogens is 1. The highest BCUT2D eigenvalue weighted by molar-refractivity contribution is 9.10. The van der Waals surface area contributed by atoms with Crippen molar-refractivity contribution < 1.29 is 4.74 Å². The molecule has 1 atom stereocenters. The Hall–Kier alpha value is -1.92. The molecule has 3 heterocycles. The van der Waals surface area contributed by atoms with Crippen molar-refractivity contribution in [2.24, 2.45) is 0 Å². The van der Waals surface area contributed by atoms with Crippen molar-refractivity contribution in [2.75, 3.05) is 13.2 Å². The van der Waals surface area contributed by atoms with Gasteiger partial charge >= 0.3 is 0 Å². The number of nitrogens with one attached hydrogen (secondary N) is 2. The lowest BCUT2D eigenvalue weighted by Crippen LogP contribution is -2.35. The number of benzene rings is 1. The van der Waals surface area contributed by atoms with E-state index < -0.39 is 0 Å². The number of nitrogens with zero attached hydrogens (tertiary/aromatic N) is 2. The fourth-order valence-corrected chi connectivity index (χ4v) is 3.53. The molecule has 1 fully saturated rings. The first-order valence-electron chi connectivity index (χ1n) is 8.76. The molecule has 3 aromatic rings. The van der Waals surface area contributed by atoms with Crippen LogP contribution in [0.2, 0.25) is 0 Å². The van der Waals surface area contributed by atoms with Crippen LogP contribution < -0.4 is 10.1 Å². The molecule has 0 amide bonds. The number of rotatable bonds is 5. The van der Waals surface area contributed by atoms with Crippen LogP contribution in [-0.2, 0) is 0 Å². The van der Waals surface area contributed by atoms with Crippen LogP contribution in [0.5, 0.6) is 5.75 Å². The number of fused-ring (bicyclic) bond motifs is 1. The number of H-pyrrole nitrogens is 1. The molecule has 5 nitrogen and oxygen atoms in total. The summed E-state index contributed by atoms with van der Waals surface area (Å²) in [5.74, 6) is 1.72. The zero-order valence-corrected chi connectivity index (χ0v) is 15.6. The third-order valence-electron chi connectivity index (χ3n) is 4.58. The molecule has 4 rings (SSSR count). The van der Waals surface area contributed by atoms with Crippen LogP contribution in [0.4, 0.5) is 0 Å². The highest BCUT2D eigenvalue weighted by Crippen LogP contribution is 2.23. The Labute approximate surface area is 155 Å². The lowest BCUT2D eigenvalue weighted by Gasteiger charge is -2.23. The molecule has 2 N–H and O–H groups in total. The van der Waals surface area contributed by atoms with Crippen molar-refractivity contribution in [3.63, 3.8) is 0 Å². The van der Waals surface area contributed by atoms with Crippen molar-refractivity contribution in [3.8, 4) is 17.1 Å². The van der Waals surface area contributed by atoms with Crippen LogP contribution in [0.1, 0.15) is 25.7 Å². The standard InChI is InChI=1S/C19H21BrN4O/c20-14-11-17-19(22-12-14)24-18(23-17)13-4-6-16(7-5-13)25-10-8-15-3-1-2-9-21-15/h4-7,11-12,15,21H,1-3,8-10H2,(H,22,23,24). The van der Waals surface area contributed by atoms with E-state index in [1.54, 1.807) is 6.20 Å². The Morgan fingerprint density at radius 2 is 2.08 bits per heavy atom. The number of aromatic amines is 1. The third kappa shape index (κ3) is 4.02. The molecule has 1 saturated heterocycles. The van der Waals surface area contributed by atoms with Crippen molar-refractivity contribution in [1.82, 2.24) is 20.3 Å². The fourth-order valence-electron chi connectivity index (χ4n) is 3.21. The van der Waals surface area contributed by atoms with Gasteiger partial charge in [-0.3, -0.25) is 0 Å². The summed E-state index contributed by atoms with van der Waals surface area (Å²) in [6.45, 7) is 1.89. The number of aromatic nitrogens is 3. The number of imidazole rings is 1. The lowest BCUT2D eigenvalue weighted by atomic mass is 10.0. The molecule has 1 aromatic carbocycles. The van der Waals surface area contributed by atoms with Gasteiger partial charge in [0.2, 0.25) is 0 Å². The van der Waals surface area contributed by atoms with Gasteiger partial charge in [-0.05, 0) is 72.1 Å². The van der Waals surface area contributed by atoms with Crippen LogP contribution >= 0.6 is 15.9 Å². The lowest BCUT2D eigenvalue weighted by molar-refractivity contribution is 0.268. The SMILES string of the molecule is Brc1cnc2[nH]c(-c3ccc(OCCC4CCCCN4)cc3)nc2c1. The first-order valence-corrected chi connectivity index (χ1v) is 9.55. The van der Waals surface area contributed by atoms with Gasteiger partial charge in [-0.2, -0.15) is 0 Å². The smallest absolute Gasteiger partial charge is 0.157 e. The highest BCUT2D eigenvalue weighted by atomic mass is 79.9. The molecule has 1 unspecified atom stereocenters. The average Bonchev–Trinajstić information content (AvgIpc) is 3.06. The van der Waals surface area contributed by atoms with Gasteiger partial charge in [-0.25, -0.2) is 9.97 Å². The predicted octanol–water partition coefficient (Wildman–Crippen LogP) is 4.30. The zero-order valence-electron chi connectivity index (χ0n) is 14.0. The van der Waals surface area contributed by atoms with Crippen molar-refractivity contribution in [1.29, 1.82) is 0 Å². The van der Waals surface area contributed by atoms with E-state index in [2.05, 4.69) is 36.2 Å². The van der Waals surface area contributed by atoms with Gasteiger partial charge in [0.1, 0.15) is 17.1 Å². The summed E-state index contributed by atoms with van der Waals surface area (Å²) < 4.78 is 6.81. The molecular formula is C19H21BrN4O. The minimum Gasteiger partial charge on any atom is -0.494 e. The molecule has 25 heavy (non-hydrogen) atoms. The summed E-state index contributed by atoms with van der Waals surface area (Å²) in [5.41, 5.74) is 2.67. The number of hydrogen-bond acceptors (Lipinski definition) is 4. The highest BCUT2D eigenvalue weighted by Gasteiger charge is 2.12. The van der Waals surface area contributed by atoms with Gasteiger partial charge in [0.15, 0.2) is 5.65 Å². The van der Waals surface area contributed by atoms with E-state index in [-0.39, 0.29) is 0 Å². The molecule has 0 spiro atoms. The van der Waals surface area contributed by atoms with E-state index in [9.17, 15) is 0 Å². The molecule has 0 bridgehead atoms.